The summed E-state index contributed by atoms with van der Waals surface area (Å²) in [5.74, 6) is -3.35. The minimum absolute atomic E-state index is 0.0665. The molecule has 0 unspecified atom stereocenters. The standard InChI is InChI=1S/C20H17F2NO5/c1-12(24)23-14-5-6-15(16(21)10-14)18(25)11-28-20(26)8-4-13-3-7-19(27-2)17(22)9-13/h3-10H,11H2,1-2H3,(H,23,24)/b8-4+. The van der Waals surface area contributed by atoms with Crippen molar-refractivity contribution in [3.05, 3.63) is 65.2 Å². The van der Waals surface area contributed by atoms with Crippen molar-refractivity contribution in [1.29, 1.82) is 0 Å². The number of Topliss-reactive ketones (excluding diaryl/α,β-unsaturated/α-hetero) is 1. The molecule has 0 spiro atoms. The summed E-state index contributed by atoms with van der Waals surface area (Å²) in [5.41, 5.74) is 0.317. The van der Waals surface area contributed by atoms with Gasteiger partial charge in [-0.3, -0.25) is 9.59 Å². The number of anilines is 1. The van der Waals surface area contributed by atoms with E-state index >= 15 is 0 Å². The highest BCUT2D eigenvalue weighted by molar-refractivity contribution is 5.99. The number of amides is 1. The predicted octanol–water partition coefficient (Wildman–Crippen LogP) is 3.37. The molecule has 0 saturated carbocycles. The largest absolute Gasteiger partial charge is 0.494 e. The summed E-state index contributed by atoms with van der Waals surface area (Å²) in [7, 11) is 1.33. The van der Waals surface area contributed by atoms with E-state index in [1.807, 2.05) is 0 Å². The molecule has 0 atom stereocenters. The second kappa shape index (κ2) is 9.40. The number of esters is 1. The summed E-state index contributed by atoms with van der Waals surface area (Å²) in [5, 5.41) is 2.39. The van der Waals surface area contributed by atoms with Gasteiger partial charge in [-0.2, -0.15) is 0 Å². The van der Waals surface area contributed by atoms with Crippen LogP contribution in [-0.4, -0.2) is 31.4 Å². The molecule has 146 valence electrons. The van der Waals surface area contributed by atoms with Crippen molar-refractivity contribution in [1.82, 2.24) is 0 Å². The summed E-state index contributed by atoms with van der Waals surface area (Å²) >= 11 is 0. The maximum absolute atomic E-state index is 14.0. The van der Waals surface area contributed by atoms with Gasteiger partial charge in [-0.1, -0.05) is 6.07 Å². The molecule has 6 nitrogen and oxygen atoms in total. The number of carbonyl (C=O) groups excluding carboxylic acids is 3. The lowest BCUT2D eigenvalue weighted by Gasteiger charge is -2.06. The van der Waals surface area contributed by atoms with E-state index in [4.69, 9.17) is 9.47 Å². The topological polar surface area (TPSA) is 81.7 Å². The van der Waals surface area contributed by atoms with Crippen molar-refractivity contribution >= 4 is 29.4 Å². The number of nitrogens with one attached hydrogen (secondary N) is 1. The van der Waals surface area contributed by atoms with Gasteiger partial charge < -0.3 is 14.8 Å². The molecule has 28 heavy (non-hydrogen) atoms. The van der Waals surface area contributed by atoms with E-state index in [2.05, 4.69) is 5.32 Å². The zero-order valence-electron chi connectivity index (χ0n) is 15.1. The Morgan fingerprint density at radius 1 is 1.07 bits per heavy atom. The lowest BCUT2D eigenvalue weighted by Crippen LogP contribution is -2.14. The monoisotopic (exact) mass is 389 g/mol. The fourth-order valence-corrected chi connectivity index (χ4v) is 2.24. The molecule has 0 aliphatic heterocycles. The first-order valence-electron chi connectivity index (χ1n) is 8.09. The molecule has 2 aromatic rings. The minimum Gasteiger partial charge on any atom is -0.494 e. The number of ether oxygens (including phenoxy) is 2. The van der Waals surface area contributed by atoms with Gasteiger partial charge in [0.1, 0.15) is 5.82 Å². The molecule has 0 heterocycles. The number of hydrogen-bond acceptors (Lipinski definition) is 5. The Hall–Kier alpha value is -3.55. The maximum Gasteiger partial charge on any atom is 0.331 e. The zero-order valence-corrected chi connectivity index (χ0v) is 15.1. The van der Waals surface area contributed by atoms with Crippen LogP contribution in [0.25, 0.3) is 6.08 Å². The summed E-state index contributed by atoms with van der Waals surface area (Å²) in [6.45, 7) is 0.598. The van der Waals surface area contributed by atoms with Crippen molar-refractivity contribution in [3.63, 3.8) is 0 Å². The maximum atomic E-state index is 14.0. The molecule has 1 N–H and O–H groups in total. The molecule has 0 aliphatic carbocycles. The van der Waals surface area contributed by atoms with Gasteiger partial charge in [0.25, 0.3) is 0 Å². The van der Waals surface area contributed by atoms with Crippen LogP contribution in [0.1, 0.15) is 22.8 Å². The zero-order chi connectivity index (χ0) is 20.7. The third kappa shape index (κ3) is 5.73. The van der Waals surface area contributed by atoms with Crippen molar-refractivity contribution in [2.24, 2.45) is 0 Å². The summed E-state index contributed by atoms with van der Waals surface area (Å²) in [6.07, 6.45) is 2.32. The molecule has 0 saturated heterocycles. The lowest BCUT2D eigenvalue weighted by molar-refractivity contribution is -0.136. The van der Waals surface area contributed by atoms with Gasteiger partial charge in [-0.25, -0.2) is 13.6 Å². The fourth-order valence-electron chi connectivity index (χ4n) is 2.24. The highest BCUT2D eigenvalue weighted by Crippen LogP contribution is 2.18. The number of methoxy groups -OCH3 is 1. The van der Waals surface area contributed by atoms with Crippen LogP contribution in [0.4, 0.5) is 14.5 Å². The molecule has 2 aromatic carbocycles. The van der Waals surface area contributed by atoms with Gasteiger partial charge in [0.05, 0.1) is 12.7 Å². The van der Waals surface area contributed by atoms with Gasteiger partial charge in [-0.05, 0) is 42.0 Å². The van der Waals surface area contributed by atoms with Crippen molar-refractivity contribution in [2.45, 2.75) is 6.92 Å². The van der Waals surface area contributed by atoms with Crippen molar-refractivity contribution < 1.29 is 32.6 Å². The normalized spacial score (nSPS) is 10.6. The first kappa shape index (κ1) is 20.8. The van der Waals surface area contributed by atoms with Crippen LogP contribution < -0.4 is 10.1 Å². The Labute approximate surface area is 159 Å². The third-order valence-electron chi connectivity index (χ3n) is 3.52. The molecule has 0 radical (unpaired) electrons. The van der Waals surface area contributed by atoms with E-state index < -0.39 is 30.0 Å². The van der Waals surface area contributed by atoms with Crippen LogP contribution in [0.5, 0.6) is 5.75 Å². The molecule has 0 aliphatic rings. The van der Waals surface area contributed by atoms with E-state index in [0.29, 0.717) is 5.56 Å². The lowest BCUT2D eigenvalue weighted by atomic mass is 10.1. The first-order valence-corrected chi connectivity index (χ1v) is 8.09. The molecule has 0 fully saturated rings. The second-order valence-corrected chi connectivity index (χ2v) is 5.63. The van der Waals surface area contributed by atoms with Crippen molar-refractivity contribution in [2.75, 3.05) is 19.0 Å². The molecular weight excluding hydrogens is 372 g/mol. The van der Waals surface area contributed by atoms with E-state index in [0.717, 1.165) is 12.1 Å². The average molecular weight is 389 g/mol. The highest BCUT2D eigenvalue weighted by atomic mass is 19.1. The van der Waals surface area contributed by atoms with Gasteiger partial charge in [0.15, 0.2) is 18.2 Å². The molecule has 0 bridgehead atoms. The van der Waals surface area contributed by atoms with Crippen LogP contribution in [0.2, 0.25) is 0 Å². The van der Waals surface area contributed by atoms with Crippen LogP contribution in [0.3, 0.4) is 0 Å². The number of halogens is 2. The van der Waals surface area contributed by atoms with Crippen LogP contribution in [0.15, 0.2) is 42.5 Å². The highest BCUT2D eigenvalue weighted by Gasteiger charge is 2.14. The third-order valence-corrected chi connectivity index (χ3v) is 3.52. The van der Waals surface area contributed by atoms with Crippen LogP contribution in [0, 0.1) is 11.6 Å². The quantitative estimate of drug-likeness (QED) is 0.446. The van der Waals surface area contributed by atoms with Gasteiger partial charge >= 0.3 is 5.97 Å². The molecule has 2 rings (SSSR count). The average Bonchev–Trinajstić information content (AvgIpc) is 2.64. The smallest absolute Gasteiger partial charge is 0.331 e. The van der Waals surface area contributed by atoms with E-state index in [9.17, 15) is 23.2 Å². The Morgan fingerprint density at radius 3 is 2.43 bits per heavy atom. The summed E-state index contributed by atoms with van der Waals surface area (Å²) in [4.78, 5) is 34.6. The Kier molecular flexibility index (Phi) is 6.97. The second-order valence-electron chi connectivity index (χ2n) is 5.63. The van der Waals surface area contributed by atoms with Gasteiger partial charge in [0.2, 0.25) is 11.7 Å². The van der Waals surface area contributed by atoms with Gasteiger partial charge in [0, 0.05) is 18.7 Å². The summed E-state index contributed by atoms with van der Waals surface area (Å²) < 4.78 is 37.1. The minimum atomic E-state index is -0.850. The molecule has 1 amide bonds. The van der Waals surface area contributed by atoms with Crippen LogP contribution >= 0.6 is 0 Å². The Morgan fingerprint density at radius 2 is 1.82 bits per heavy atom. The first-order chi connectivity index (χ1) is 13.3. The number of rotatable bonds is 7. The number of hydrogen-bond donors (Lipinski definition) is 1. The molecule has 8 heteroatoms. The van der Waals surface area contributed by atoms with E-state index in [-0.39, 0.29) is 22.9 Å². The Balaban J connectivity index is 1.94. The fraction of sp³-hybridized carbons (Fsp3) is 0.150. The van der Waals surface area contributed by atoms with E-state index in [1.165, 1.54) is 50.4 Å². The number of carbonyl (C=O) groups is 3. The summed E-state index contributed by atoms with van der Waals surface area (Å²) in [6, 6.07) is 7.64. The molecular formula is C20H17F2NO5. The van der Waals surface area contributed by atoms with Crippen LogP contribution in [-0.2, 0) is 14.3 Å². The van der Waals surface area contributed by atoms with Gasteiger partial charge in [-0.15, -0.1) is 0 Å². The molecule has 0 aromatic heterocycles. The predicted molar refractivity (Wildman–Crippen MR) is 98.0 cm³/mol. The number of benzene rings is 2. The van der Waals surface area contributed by atoms with E-state index in [1.54, 1.807) is 0 Å². The van der Waals surface area contributed by atoms with Crippen molar-refractivity contribution in [3.8, 4) is 5.75 Å². The number of ketones is 1. The SMILES string of the molecule is COc1ccc(/C=C/C(=O)OCC(=O)c2ccc(NC(C)=O)cc2F)cc1F. The Bertz CT molecular complexity index is 940.